The zero-order valence-corrected chi connectivity index (χ0v) is 20.1. The van der Waals surface area contributed by atoms with Crippen molar-refractivity contribution in [3.63, 3.8) is 0 Å². The largest absolute Gasteiger partial charge is 0.388 e. The Kier molecular flexibility index (Phi) is 18.6. The molecule has 1 saturated heterocycles. The Morgan fingerprint density at radius 1 is 0.710 bits per heavy atom. The maximum atomic E-state index is 9.85. The monoisotopic (exact) mass is 442 g/mol. The first-order valence-corrected chi connectivity index (χ1v) is 13.0. The first-order valence-electron chi connectivity index (χ1n) is 13.0. The van der Waals surface area contributed by atoms with E-state index in [9.17, 15) is 15.3 Å². The molecule has 4 atom stereocenters. The molecule has 0 amide bonds. The fourth-order valence-corrected chi connectivity index (χ4v) is 4.02. The van der Waals surface area contributed by atoms with Gasteiger partial charge in [-0.25, -0.2) is 0 Å². The molecule has 0 radical (unpaired) electrons. The Balaban J connectivity index is 1.76. The van der Waals surface area contributed by atoms with Crippen LogP contribution in [-0.4, -0.2) is 59.6 Å². The number of allylic oxidation sites excluding steroid dienone is 2. The van der Waals surface area contributed by atoms with Gasteiger partial charge in [-0.3, -0.25) is 0 Å². The van der Waals surface area contributed by atoms with Gasteiger partial charge in [0.1, 0.15) is 24.4 Å². The number of rotatable bonds is 20. The van der Waals surface area contributed by atoms with E-state index in [4.69, 9.17) is 9.47 Å². The van der Waals surface area contributed by atoms with Gasteiger partial charge in [0.05, 0.1) is 13.2 Å². The predicted molar refractivity (Wildman–Crippen MR) is 127 cm³/mol. The van der Waals surface area contributed by atoms with Crippen molar-refractivity contribution in [2.45, 2.75) is 134 Å². The maximum absolute atomic E-state index is 9.85. The lowest BCUT2D eigenvalue weighted by Crippen LogP contribution is -2.54. The SMILES string of the molecule is CCCCCCC/C=C/CCCCCCCCCCCOC[C@H]1OC[C@H](O)[C@@H](O)[C@@H]1O. The predicted octanol–water partition coefficient (Wildman–Crippen LogP) is 5.30. The van der Waals surface area contributed by atoms with Gasteiger partial charge in [0.15, 0.2) is 0 Å². The van der Waals surface area contributed by atoms with Crippen LogP contribution in [0.15, 0.2) is 12.2 Å². The number of aliphatic hydroxyl groups is 3. The van der Waals surface area contributed by atoms with Crippen molar-refractivity contribution >= 4 is 0 Å². The summed E-state index contributed by atoms with van der Waals surface area (Å²) in [7, 11) is 0. The Bertz CT molecular complexity index is 415. The third-order valence-electron chi connectivity index (χ3n) is 6.19. The molecular weight excluding hydrogens is 392 g/mol. The molecule has 0 spiro atoms. The van der Waals surface area contributed by atoms with Crippen LogP contribution >= 0.6 is 0 Å². The summed E-state index contributed by atoms with van der Waals surface area (Å²) in [6.07, 6.45) is 21.8. The summed E-state index contributed by atoms with van der Waals surface area (Å²) < 4.78 is 10.9. The van der Waals surface area contributed by atoms with Crippen molar-refractivity contribution in [2.24, 2.45) is 0 Å². The smallest absolute Gasteiger partial charge is 0.111 e. The van der Waals surface area contributed by atoms with Crippen LogP contribution < -0.4 is 0 Å². The fourth-order valence-electron chi connectivity index (χ4n) is 4.02. The molecule has 1 heterocycles. The first kappa shape index (κ1) is 28.6. The van der Waals surface area contributed by atoms with Gasteiger partial charge in [-0.2, -0.15) is 0 Å². The standard InChI is InChI=1S/C26H50O5/c1-2-3-4-5-6-7-8-9-10-11-12-13-14-15-16-17-18-19-20-30-22-24-26(29)25(28)23(27)21-31-24/h8-9,23-29H,2-7,10-22H2,1H3/b9-8+/t23-,24+,25+,26+/m0/s1. The minimum absolute atomic E-state index is 0.0438. The second kappa shape index (κ2) is 20.2. The summed E-state index contributed by atoms with van der Waals surface area (Å²) >= 11 is 0. The lowest BCUT2D eigenvalue weighted by molar-refractivity contribution is -0.199. The molecule has 0 saturated carbocycles. The summed E-state index contributed by atoms with van der Waals surface area (Å²) in [4.78, 5) is 0. The van der Waals surface area contributed by atoms with E-state index in [1.54, 1.807) is 0 Å². The molecule has 3 N–H and O–H groups in total. The molecule has 0 unspecified atom stereocenters. The van der Waals surface area contributed by atoms with Crippen molar-refractivity contribution in [2.75, 3.05) is 19.8 Å². The average molecular weight is 443 g/mol. The molecular formula is C26H50O5. The molecule has 1 fully saturated rings. The normalized spacial score (nSPS) is 24.3. The Hall–Kier alpha value is -0.460. The lowest BCUT2D eigenvalue weighted by atomic mass is 10.0. The van der Waals surface area contributed by atoms with Crippen LogP contribution in [0.3, 0.4) is 0 Å². The molecule has 0 aromatic rings. The van der Waals surface area contributed by atoms with E-state index in [1.165, 1.54) is 96.3 Å². The number of hydrogen-bond donors (Lipinski definition) is 3. The summed E-state index contributed by atoms with van der Waals surface area (Å²) in [5, 5.41) is 28.9. The van der Waals surface area contributed by atoms with Gasteiger partial charge in [0.25, 0.3) is 0 Å². The van der Waals surface area contributed by atoms with Gasteiger partial charge in [0.2, 0.25) is 0 Å². The van der Waals surface area contributed by atoms with E-state index in [2.05, 4.69) is 19.1 Å². The zero-order chi connectivity index (χ0) is 22.6. The molecule has 5 nitrogen and oxygen atoms in total. The number of hydrogen-bond acceptors (Lipinski definition) is 5. The molecule has 1 rings (SSSR count). The Labute approximate surface area is 191 Å². The molecule has 31 heavy (non-hydrogen) atoms. The molecule has 1 aliphatic rings. The van der Waals surface area contributed by atoms with Gasteiger partial charge in [-0.15, -0.1) is 0 Å². The van der Waals surface area contributed by atoms with Crippen LogP contribution in [0, 0.1) is 0 Å². The van der Waals surface area contributed by atoms with Crippen LogP contribution in [0.1, 0.15) is 110 Å². The van der Waals surface area contributed by atoms with Crippen molar-refractivity contribution in [1.29, 1.82) is 0 Å². The van der Waals surface area contributed by atoms with E-state index in [0.717, 1.165) is 6.42 Å². The van der Waals surface area contributed by atoms with Crippen LogP contribution in [0.25, 0.3) is 0 Å². The van der Waals surface area contributed by atoms with Crippen LogP contribution in [0.5, 0.6) is 0 Å². The van der Waals surface area contributed by atoms with E-state index in [-0.39, 0.29) is 13.2 Å². The lowest BCUT2D eigenvalue weighted by Gasteiger charge is -2.35. The maximum Gasteiger partial charge on any atom is 0.111 e. The van der Waals surface area contributed by atoms with E-state index >= 15 is 0 Å². The van der Waals surface area contributed by atoms with Crippen molar-refractivity contribution in [3.8, 4) is 0 Å². The highest BCUT2D eigenvalue weighted by Crippen LogP contribution is 2.16. The minimum Gasteiger partial charge on any atom is -0.388 e. The molecule has 0 aromatic carbocycles. The third kappa shape index (κ3) is 15.1. The van der Waals surface area contributed by atoms with Crippen molar-refractivity contribution in [1.82, 2.24) is 0 Å². The van der Waals surface area contributed by atoms with Gasteiger partial charge < -0.3 is 24.8 Å². The van der Waals surface area contributed by atoms with E-state index in [1.807, 2.05) is 0 Å². The highest BCUT2D eigenvalue weighted by molar-refractivity contribution is 4.86. The number of aliphatic hydroxyl groups excluding tert-OH is 3. The third-order valence-corrected chi connectivity index (χ3v) is 6.19. The molecule has 184 valence electrons. The van der Waals surface area contributed by atoms with Crippen LogP contribution in [0.2, 0.25) is 0 Å². The summed E-state index contributed by atoms with van der Waals surface area (Å²) in [5.74, 6) is 0. The molecule has 1 aliphatic heterocycles. The van der Waals surface area contributed by atoms with Crippen molar-refractivity contribution < 1.29 is 24.8 Å². The Morgan fingerprint density at radius 3 is 1.81 bits per heavy atom. The minimum atomic E-state index is -1.15. The average Bonchev–Trinajstić information content (AvgIpc) is 2.77. The van der Waals surface area contributed by atoms with Gasteiger partial charge >= 0.3 is 0 Å². The van der Waals surface area contributed by atoms with E-state index in [0.29, 0.717) is 6.61 Å². The molecule has 5 heteroatoms. The Morgan fingerprint density at radius 2 is 1.23 bits per heavy atom. The van der Waals surface area contributed by atoms with Crippen LogP contribution in [-0.2, 0) is 9.47 Å². The second-order valence-corrected chi connectivity index (χ2v) is 9.14. The molecule has 0 aliphatic carbocycles. The van der Waals surface area contributed by atoms with E-state index < -0.39 is 24.4 Å². The fraction of sp³-hybridized carbons (Fsp3) is 0.923. The molecule has 0 bridgehead atoms. The highest BCUT2D eigenvalue weighted by Gasteiger charge is 2.37. The first-order chi connectivity index (χ1) is 15.2. The van der Waals surface area contributed by atoms with Gasteiger partial charge in [0, 0.05) is 6.61 Å². The van der Waals surface area contributed by atoms with Crippen LogP contribution in [0.4, 0.5) is 0 Å². The number of unbranched alkanes of at least 4 members (excludes halogenated alkanes) is 14. The summed E-state index contributed by atoms with van der Waals surface area (Å²) in [6, 6.07) is 0. The summed E-state index contributed by atoms with van der Waals surface area (Å²) in [6.45, 7) is 3.22. The number of ether oxygens (including phenoxy) is 2. The van der Waals surface area contributed by atoms with Gasteiger partial charge in [-0.05, 0) is 32.1 Å². The zero-order valence-electron chi connectivity index (χ0n) is 20.1. The molecule has 0 aromatic heterocycles. The quantitative estimate of drug-likeness (QED) is 0.176. The topological polar surface area (TPSA) is 79.2 Å². The summed E-state index contributed by atoms with van der Waals surface area (Å²) in [5.41, 5.74) is 0. The highest BCUT2D eigenvalue weighted by atomic mass is 16.6. The van der Waals surface area contributed by atoms with Crippen molar-refractivity contribution in [3.05, 3.63) is 12.2 Å². The second-order valence-electron chi connectivity index (χ2n) is 9.14. The van der Waals surface area contributed by atoms with Gasteiger partial charge in [-0.1, -0.05) is 89.7 Å².